The standard InChI is InChI=1S/C15H20F3NO/c16-15(17,18)11-20-10-9-19-14-8-4-2-6-12-5-1-3-7-13(12)14/h1,3,5,7,14,19H,2,4,6,8-11H2. The normalized spacial score (nSPS) is 19.4. The van der Waals surface area contributed by atoms with Crippen LogP contribution in [0.1, 0.15) is 36.4 Å². The van der Waals surface area contributed by atoms with E-state index < -0.39 is 12.8 Å². The van der Waals surface area contributed by atoms with Crippen molar-refractivity contribution in [2.24, 2.45) is 0 Å². The zero-order chi connectivity index (χ0) is 14.4. The van der Waals surface area contributed by atoms with Crippen molar-refractivity contribution in [1.29, 1.82) is 0 Å². The quantitative estimate of drug-likeness (QED) is 0.659. The number of fused-ring (bicyclic) bond motifs is 1. The monoisotopic (exact) mass is 287 g/mol. The first kappa shape index (κ1) is 15.3. The molecule has 112 valence electrons. The highest BCUT2D eigenvalue weighted by atomic mass is 19.4. The Labute approximate surface area is 117 Å². The van der Waals surface area contributed by atoms with Gasteiger partial charge >= 0.3 is 6.18 Å². The second-order valence-corrected chi connectivity index (χ2v) is 5.12. The lowest BCUT2D eigenvalue weighted by Gasteiger charge is -2.19. The molecular weight excluding hydrogens is 267 g/mol. The number of nitrogens with one attached hydrogen (secondary N) is 1. The van der Waals surface area contributed by atoms with Gasteiger partial charge in [-0.15, -0.1) is 0 Å². The zero-order valence-electron chi connectivity index (χ0n) is 11.4. The van der Waals surface area contributed by atoms with Gasteiger partial charge in [0, 0.05) is 12.6 Å². The van der Waals surface area contributed by atoms with Gasteiger partial charge in [0.05, 0.1) is 6.61 Å². The predicted octanol–water partition coefficient (Wildman–Crippen LogP) is 3.62. The Morgan fingerprint density at radius 2 is 2.00 bits per heavy atom. The molecule has 0 heterocycles. The molecule has 20 heavy (non-hydrogen) atoms. The molecular formula is C15H20F3NO. The summed E-state index contributed by atoms with van der Waals surface area (Å²) in [5, 5.41) is 3.31. The minimum Gasteiger partial charge on any atom is -0.371 e. The molecule has 2 rings (SSSR count). The van der Waals surface area contributed by atoms with Crippen LogP contribution >= 0.6 is 0 Å². The maximum Gasteiger partial charge on any atom is 0.411 e. The van der Waals surface area contributed by atoms with Crippen molar-refractivity contribution in [1.82, 2.24) is 5.32 Å². The minimum atomic E-state index is -4.24. The lowest BCUT2D eigenvalue weighted by molar-refractivity contribution is -0.173. The maximum atomic E-state index is 11.9. The number of ether oxygens (including phenoxy) is 1. The van der Waals surface area contributed by atoms with Crippen molar-refractivity contribution in [2.45, 2.75) is 37.9 Å². The van der Waals surface area contributed by atoms with E-state index in [1.807, 2.05) is 12.1 Å². The Balaban J connectivity index is 1.81. The van der Waals surface area contributed by atoms with Crippen molar-refractivity contribution < 1.29 is 17.9 Å². The highest BCUT2D eigenvalue weighted by molar-refractivity contribution is 5.31. The van der Waals surface area contributed by atoms with Gasteiger partial charge < -0.3 is 10.1 Å². The number of alkyl halides is 3. The molecule has 0 amide bonds. The van der Waals surface area contributed by atoms with Crippen molar-refractivity contribution in [3.8, 4) is 0 Å². The molecule has 0 saturated heterocycles. The Kier molecular flexibility index (Phi) is 5.43. The number of benzene rings is 1. The van der Waals surface area contributed by atoms with Crippen LogP contribution in [-0.2, 0) is 11.2 Å². The Morgan fingerprint density at radius 1 is 1.20 bits per heavy atom. The van der Waals surface area contributed by atoms with Crippen molar-refractivity contribution in [2.75, 3.05) is 19.8 Å². The number of hydrogen-bond acceptors (Lipinski definition) is 2. The van der Waals surface area contributed by atoms with Gasteiger partial charge in [-0.25, -0.2) is 0 Å². The summed E-state index contributed by atoms with van der Waals surface area (Å²) in [6.45, 7) is -0.650. The molecule has 0 bridgehead atoms. The van der Waals surface area contributed by atoms with Crippen LogP contribution in [0.2, 0.25) is 0 Å². The summed E-state index contributed by atoms with van der Waals surface area (Å²) < 4.78 is 40.4. The molecule has 1 atom stereocenters. The number of rotatable bonds is 5. The molecule has 0 spiro atoms. The average molecular weight is 287 g/mol. The predicted molar refractivity (Wildman–Crippen MR) is 71.6 cm³/mol. The highest BCUT2D eigenvalue weighted by Gasteiger charge is 2.27. The summed E-state index contributed by atoms with van der Waals surface area (Å²) in [5.74, 6) is 0. The SMILES string of the molecule is FC(F)(F)COCCNC1CCCCc2ccccc21. The molecule has 0 fully saturated rings. The first-order valence-corrected chi connectivity index (χ1v) is 7.02. The molecule has 5 heteroatoms. The zero-order valence-corrected chi connectivity index (χ0v) is 11.4. The summed E-state index contributed by atoms with van der Waals surface area (Å²) in [5.41, 5.74) is 2.62. The summed E-state index contributed by atoms with van der Waals surface area (Å²) in [6.07, 6.45) is 0.166. The first-order valence-electron chi connectivity index (χ1n) is 7.02. The average Bonchev–Trinajstić information content (AvgIpc) is 2.60. The van der Waals surface area contributed by atoms with Gasteiger partial charge in [-0.3, -0.25) is 0 Å². The molecule has 1 aromatic rings. The number of halogens is 3. The van der Waals surface area contributed by atoms with Crippen LogP contribution in [0.4, 0.5) is 13.2 Å². The Hall–Kier alpha value is -1.07. The third kappa shape index (κ3) is 4.80. The van der Waals surface area contributed by atoms with E-state index in [-0.39, 0.29) is 12.6 Å². The summed E-state index contributed by atoms with van der Waals surface area (Å²) in [4.78, 5) is 0. The summed E-state index contributed by atoms with van der Waals surface area (Å²) in [6, 6.07) is 8.51. The number of aryl methyl sites for hydroxylation is 1. The lowest BCUT2D eigenvalue weighted by atomic mass is 9.99. The summed E-state index contributed by atoms with van der Waals surface area (Å²) in [7, 11) is 0. The van der Waals surface area contributed by atoms with E-state index in [4.69, 9.17) is 0 Å². The van der Waals surface area contributed by atoms with Crippen LogP contribution in [0.3, 0.4) is 0 Å². The van der Waals surface area contributed by atoms with Crippen LogP contribution < -0.4 is 5.32 Å². The lowest BCUT2D eigenvalue weighted by Crippen LogP contribution is -2.27. The second kappa shape index (κ2) is 7.09. The highest BCUT2D eigenvalue weighted by Crippen LogP contribution is 2.28. The van der Waals surface area contributed by atoms with E-state index in [0.717, 1.165) is 19.3 Å². The van der Waals surface area contributed by atoms with Gasteiger partial charge in [0.1, 0.15) is 6.61 Å². The molecule has 2 nitrogen and oxygen atoms in total. The van der Waals surface area contributed by atoms with E-state index >= 15 is 0 Å². The van der Waals surface area contributed by atoms with Gasteiger partial charge in [0.2, 0.25) is 0 Å². The molecule has 1 N–H and O–H groups in total. The fourth-order valence-electron chi connectivity index (χ4n) is 2.63. The van der Waals surface area contributed by atoms with Crippen LogP contribution in [-0.4, -0.2) is 25.9 Å². The van der Waals surface area contributed by atoms with Crippen LogP contribution in [0.25, 0.3) is 0 Å². The van der Waals surface area contributed by atoms with E-state index in [1.165, 1.54) is 17.5 Å². The topological polar surface area (TPSA) is 21.3 Å². The van der Waals surface area contributed by atoms with Crippen molar-refractivity contribution in [3.05, 3.63) is 35.4 Å². The van der Waals surface area contributed by atoms with Crippen LogP contribution in [0.5, 0.6) is 0 Å². The molecule has 0 aliphatic heterocycles. The molecule has 0 saturated carbocycles. The van der Waals surface area contributed by atoms with Gasteiger partial charge in [-0.1, -0.05) is 30.7 Å². The van der Waals surface area contributed by atoms with E-state index in [1.54, 1.807) is 0 Å². The fraction of sp³-hybridized carbons (Fsp3) is 0.600. The second-order valence-electron chi connectivity index (χ2n) is 5.12. The Bertz CT molecular complexity index is 420. The molecule has 1 aliphatic rings. The molecule has 0 aromatic heterocycles. The largest absolute Gasteiger partial charge is 0.411 e. The van der Waals surface area contributed by atoms with Crippen molar-refractivity contribution >= 4 is 0 Å². The van der Waals surface area contributed by atoms with Crippen LogP contribution in [0, 0.1) is 0 Å². The summed E-state index contributed by atoms with van der Waals surface area (Å²) >= 11 is 0. The minimum absolute atomic E-state index is 0.0815. The molecule has 1 unspecified atom stereocenters. The van der Waals surface area contributed by atoms with Gasteiger partial charge in [0.25, 0.3) is 0 Å². The smallest absolute Gasteiger partial charge is 0.371 e. The molecule has 1 aromatic carbocycles. The van der Waals surface area contributed by atoms with E-state index in [0.29, 0.717) is 6.54 Å². The molecule has 0 radical (unpaired) electrons. The van der Waals surface area contributed by atoms with E-state index in [2.05, 4.69) is 22.2 Å². The fourth-order valence-corrected chi connectivity index (χ4v) is 2.63. The first-order chi connectivity index (χ1) is 9.56. The van der Waals surface area contributed by atoms with Gasteiger partial charge in [-0.2, -0.15) is 13.2 Å². The molecule has 1 aliphatic carbocycles. The van der Waals surface area contributed by atoms with Crippen LogP contribution in [0.15, 0.2) is 24.3 Å². The van der Waals surface area contributed by atoms with Gasteiger partial charge in [-0.05, 0) is 30.4 Å². The van der Waals surface area contributed by atoms with Gasteiger partial charge in [0.15, 0.2) is 0 Å². The number of hydrogen-bond donors (Lipinski definition) is 1. The maximum absolute atomic E-state index is 11.9. The van der Waals surface area contributed by atoms with E-state index in [9.17, 15) is 13.2 Å². The third-order valence-electron chi connectivity index (χ3n) is 3.52. The third-order valence-corrected chi connectivity index (χ3v) is 3.52. The van der Waals surface area contributed by atoms with Crippen molar-refractivity contribution in [3.63, 3.8) is 0 Å². The Morgan fingerprint density at radius 3 is 2.80 bits per heavy atom.